The molecule has 1 aliphatic rings. The lowest BCUT2D eigenvalue weighted by molar-refractivity contribution is -0.130. The van der Waals surface area contributed by atoms with Crippen molar-refractivity contribution in [2.45, 2.75) is 35.8 Å². The van der Waals surface area contributed by atoms with Crippen LogP contribution in [0.25, 0.3) is 0 Å². The number of amides is 2. The van der Waals surface area contributed by atoms with Crippen LogP contribution in [-0.4, -0.2) is 44.4 Å². The highest BCUT2D eigenvalue weighted by Crippen LogP contribution is 2.65. The molecule has 1 aliphatic carbocycles. The summed E-state index contributed by atoms with van der Waals surface area (Å²) in [5, 5.41) is 6.02. The Labute approximate surface area is 239 Å². The van der Waals surface area contributed by atoms with E-state index < -0.39 is 63.6 Å². The molecule has 0 aliphatic heterocycles. The SMILES string of the molecule is CC(C[S+]([O-])CCC(F)(F)F)NC(=O)c1cc(NC(=O)C2C(c3cc(Cl)cc(Cl)c3)C2(Cl)Cl)ccc1Cl. The number of hydrogen-bond donors (Lipinski definition) is 2. The molecule has 0 heterocycles. The molecule has 5 nitrogen and oxygen atoms in total. The fourth-order valence-electron chi connectivity index (χ4n) is 3.75. The molecule has 0 saturated heterocycles. The predicted molar refractivity (Wildman–Crippen MR) is 143 cm³/mol. The minimum atomic E-state index is -4.41. The molecule has 14 heteroatoms. The molecule has 4 unspecified atom stereocenters. The second-order valence-electron chi connectivity index (χ2n) is 8.57. The molecule has 202 valence electrons. The van der Waals surface area contributed by atoms with E-state index >= 15 is 0 Å². The van der Waals surface area contributed by atoms with Crippen LogP contribution < -0.4 is 10.6 Å². The Bertz CT molecular complexity index is 1160. The number of hydrogen-bond acceptors (Lipinski definition) is 3. The number of alkyl halides is 5. The first kappa shape index (κ1) is 30.5. The molecule has 1 fully saturated rings. The van der Waals surface area contributed by atoms with Crippen LogP contribution in [0.3, 0.4) is 0 Å². The van der Waals surface area contributed by atoms with Crippen molar-refractivity contribution in [2.24, 2.45) is 5.92 Å². The zero-order valence-electron chi connectivity index (χ0n) is 19.0. The molecule has 0 aromatic heterocycles. The van der Waals surface area contributed by atoms with E-state index in [1.54, 1.807) is 12.1 Å². The van der Waals surface area contributed by atoms with Crippen LogP contribution in [0.4, 0.5) is 18.9 Å². The van der Waals surface area contributed by atoms with Gasteiger partial charge in [0.1, 0.15) is 15.8 Å². The number of halogens is 8. The van der Waals surface area contributed by atoms with Crippen molar-refractivity contribution >= 4 is 86.7 Å². The molecule has 0 radical (unpaired) electrons. The van der Waals surface area contributed by atoms with Crippen molar-refractivity contribution < 1.29 is 27.3 Å². The molecule has 1 saturated carbocycles. The van der Waals surface area contributed by atoms with Crippen molar-refractivity contribution in [3.63, 3.8) is 0 Å². The number of anilines is 1. The minimum absolute atomic E-state index is 0.00405. The summed E-state index contributed by atoms with van der Waals surface area (Å²) in [6.07, 6.45) is -5.58. The van der Waals surface area contributed by atoms with E-state index in [2.05, 4.69) is 10.6 Å². The Hall–Kier alpha value is -1.07. The summed E-state index contributed by atoms with van der Waals surface area (Å²) in [5.74, 6) is -3.28. The number of nitrogens with one attached hydrogen (secondary N) is 2. The molecular weight excluding hydrogens is 619 g/mol. The summed E-state index contributed by atoms with van der Waals surface area (Å²) in [4.78, 5) is 25.7. The minimum Gasteiger partial charge on any atom is -0.616 e. The standard InChI is InChI=1S/C23H20Cl5F3N2O3S/c1-11(10-37(36)5-4-22(29,30)31)32-20(34)16-9-15(2-3-17(16)26)33-21(35)19-18(23(19,27)28)12-6-13(24)8-14(25)7-12/h2-3,6-9,11,18-19H,4-5,10H2,1H3,(H,32,34)(H,33,35). The summed E-state index contributed by atoms with van der Waals surface area (Å²) >= 11 is 29.2. The zero-order chi connectivity index (χ0) is 27.7. The number of carbonyl (C=O) groups is 2. The molecular formula is C23H20Cl5F3N2O3S. The van der Waals surface area contributed by atoms with E-state index in [0.717, 1.165) is 0 Å². The highest BCUT2D eigenvalue weighted by molar-refractivity contribution is 7.91. The van der Waals surface area contributed by atoms with Crippen LogP contribution in [0.5, 0.6) is 0 Å². The lowest BCUT2D eigenvalue weighted by atomic mass is 10.1. The van der Waals surface area contributed by atoms with Gasteiger partial charge in [0.2, 0.25) is 5.91 Å². The van der Waals surface area contributed by atoms with Crippen LogP contribution >= 0.6 is 58.0 Å². The third kappa shape index (κ3) is 8.21. The topological polar surface area (TPSA) is 81.3 Å². The molecule has 2 aromatic rings. The van der Waals surface area contributed by atoms with Gasteiger partial charge in [-0.25, -0.2) is 0 Å². The molecule has 2 aromatic carbocycles. The lowest BCUT2D eigenvalue weighted by Gasteiger charge is -2.18. The maximum Gasteiger partial charge on any atom is 0.393 e. The Morgan fingerprint density at radius 1 is 1.11 bits per heavy atom. The van der Waals surface area contributed by atoms with Gasteiger partial charge in [-0.3, -0.25) is 9.59 Å². The Morgan fingerprint density at radius 3 is 2.32 bits per heavy atom. The Kier molecular flexibility index (Phi) is 9.87. The van der Waals surface area contributed by atoms with Gasteiger partial charge >= 0.3 is 6.18 Å². The van der Waals surface area contributed by atoms with Crippen molar-refractivity contribution in [1.82, 2.24) is 5.32 Å². The zero-order valence-corrected chi connectivity index (χ0v) is 23.6. The third-order valence-electron chi connectivity index (χ3n) is 5.49. The fraction of sp³-hybridized carbons (Fsp3) is 0.391. The molecule has 0 spiro atoms. The largest absolute Gasteiger partial charge is 0.616 e. The molecule has 2 amide bonds. The maximum absolute atomic E-state index is 12.9. The number of carbonyl (C=O) groups excluding carboxylic acids is 2. The van der Waals surface area contributed by atoms with Gasteiger partial charge in [-0.2, -0.15) is 13.2 Å². The van der Waals surface area contributed by atoms with Crippen molar-refractivity contribution in [2.75, 3.05) is 16.8 Å². The summed E-state index contributed by atoms with van der Waals surface area (Å²) in [6.45, 7) is 1.51. The average Bonchev–Trinajstić information content (AvgIpc) is 3.34. The molecule has 4 atom stereocenters. The molecule has 0 bridgehead atoms. The van der Waals surface area contributed by atoms with Gasteiger partial charge < -0.3 is 15.2 Å². The van der Waals surface area contributed by atoms with Crippen LogP contribution in [0.15, 0.2) is 36.4 Å². The first-order valence-corrected chi connectivity index (χ1v) is 14.1. The second-order valence-corrected chi connectivity index (χ2v) is 12.9. The number of rotatable bonds is 9. The average molecular weight is 639 g/mol. The third-order valence-corrected chi connectivity index (χ3v) is 8.72. The van der Waals surface area contributed by atoms with E-state index in [1.165, 1.54) is 31.2 Å². The summed E-state index contributed by atoms with van der Waals surface area (Å²) in [5.41, 5.74) is 0.838. The first-order chi connectivity index (χ1) is 17.1. The first-order valence-electron chi connectivity index (χ1n) is 10.8. The van der Waals surface area contributed by atoms with Gasteiger partial charge in [0, 0.05) is 21.7 Å². The Balaban J connectivity index is 1.64. The van der Waals surface area contributed by atoms with Crippen LogP contribution in [0.1, 0.15) is 35.2 Å². The van der Waals surface area contributed by atoms with Gasteiger partial charge in [-0.05, 0) is 48.9 Å². The van der Waals surface area contributed by atoms with Crippen molar-refractivity contribution in [3.8, 4) is 0 Å². The highest BCUT2D eigenvalue weighted by atomic mass is 35.5. The molecule has 3 rings (SSSR count). The normalized spacial score (nSPS) is 20.2. The maximum atomic E-state index is 12.9. The summed E-state index contributed by atoms with van der Waals surface area (Å²) in [6, 6.07) is 8.29. The van der Waals surface area contributed by atoms with Gasteiger partial charge in [0.25, 0.3) is 5.91 Å². The van der Waals surface area contributed by atoms with Crippen LogP contribution in [-0.2, 0) is 16.0 Å². The number of benzene rings is 2. The molecule has 37 heavy (non-hydrogen) atoms. The van der Waals surface area contributed by atoms with Gasteiger partial charge in [-0.15, -0.1) is 23.2 Å². The predicted octanol–water partition coefficient (Wildman–Crippen LogP) is 6.99. The van der Waals surface area contributed by atoms with E-state index in [9.17, 15) is 27.3 Å². The Morgan fingerprint density at radius 2 is 1.73 bits per heavy atom. The van der Waals surface area contributed by atoms with Gasteiger partial charge in [0.15, 0.2) is 0 Å². The van der Waals surface area contributed by atoms with Gasteiger partial charge in [-0.1, -0.05) is 46.0 Å². The quantitative estimate of drug-likeness (QED) is 0.230. The van der Waals surface area contributed by atoms with E-state index in [0.29, 0.717) is 15.6 Å². The smallest absolute Gasteiger partial charge is 0.393 e. The second kappa shape index (κ2) is 12.0. The van der Waals surface area contributed by atoms with E-state index in [4.69, 9.17) is 58.0 Å². The van der Waals surface area contributed by atoms with E-state index in [1.807, 2.05) is 0 Å². The van der Waals surface area contributed by atoms with E-state index in [-0.39, 0.29) is 22.0 Å². The fourth-order valence-corrected chi connectivity index (χ4v) is 6.60. The summed E-state index contributed by atoms with van der Waals surface area (Å²) < 4.78 is 47.5. The highest BCUT2D eigenvalue weighted by Gasteiger charge is 2.67. The molecule has 2 N–H and O–H groups in total. The van der Waals surface area contributed by atoms with Gasteiger partial charge in [0.05, 0.1) is 29.0 Å². The van der Waals surface area contributed by atoms with Crippen molar-refractivity contribution in [3.05, 3.63) is 62.6 Å². The monoisotopic (exact) mass is 636 g/mol. The van der Waals surface area contributed by atoms with Crippen LogP contribution in [0.2, 0.25) is 15.1 Å². The van der Waals surface area contributed by atoms with Crippen LogP contribution in [0, 0.1) is 5.92 Å². The summed E-state index contributed by atoms with van der Waals surface area (Å²) in [7, 11) is 0. The lowest BCUT2D eigenvalue weighted by Crippen LogP contribution is -2.38. The van der Waals surface area contributed by atoms with Crippen molar-refractivity contribution in [1.29, 1.82) is 0 Å².